The average Bonchev–Trinajstić information content (AvgIpc) is 3.38. The van der Waals surface area contributed by atoms with Crippen molar-refractivity contribution in [1.82, 2.24) is 20.4 Å². The summed E-state index contributed by atoms with van der Waals surface area (Å²) in [7, 11) is 1.99. The minimum Gasteiger partial charge on any atom is -0.357 e. The standard InChI is InChI=1S/C25H38N6O.HI/c1-6-26-25(28-17(2)14-23-18(3)30-31(5)19(23)4)27-16-20-10-9-13-22(15-20)29-24(32)21-11-7-8-12-21;/h9-10,13,15,17,21H,6-8,11-12,14,16H2,1-5H3,(H,29,32)(H2,26,27,28);1H. The van der Waals surface area contributed by atoms with Gasteiger partial charge in [-0.05, 0) is 70.2 Å². The minimum absolute atomic E-state index is 0. The first-order valence-corrected chi connectivity index (χ1v) is 11.8. The van der Waals surface area contributed by atoms with Gasteiger partial charge in [-0.25, -0.2) is 4.99 Å². The summed E-state index contributed by atoms with van der Waals surface area (Å²) in [5.74, 6) is 1.10. The quantitative estimate of drug-likeness (QED) is 0.250. The van der Waals surface area contributed by atoms with Gasteiger partial charge in [0.05, 0.1) is 12.2 Å². The van der Waals surface area contributed by atoms with E-state index < -0.39 is 0 Å². The van der Waals surface area contributed by atoms with Crippen LogP contribution >= 0.6 is 24.0 Å². The molecule has 1 aliphatic rings. The number of amides is 1. The van der Waals surface area contributed by atoms with Gasteiger partial charge in [-0.3, -0.25) is 9.48 Å². The van der Waals surface area contributed by atoms with Gasteiger partial charge in [-0.2, -0.15) is 5.10 Å². The van der Waals surface area contributed by atoms with Gasteiger partial charge in [-0.15, -0.1) is 24.0 Å². The molecule has 0 saturated heterocycles. The maximum Gasteiger partial charge on any atom is 0.227 e. The number of nitrogens with zero attached hydrogens (tertiary/aromatic N) is 3. The van der Waals surface area contributed by atoms with Crippen molar-refractivity contribution in [2.75, 3.05) is 11.9 Å². The number of nitrogens with one attached hydrogen (secondary N) is 3. The number of guanidine groups is 1. The molecule has 1 unspecified atom stereocenters. The van der Waals surface area contributed by atoms with Crippen molar-refractivity contribution in [3.8, 4) is 0 Å². The lowest BCUT2D eigenvalue weighted by Gasteiger charge is -2.18. The summed E-state index contributed by atoms with van der Waals surface area (Å²) < 4.78 is 1.94. The minimum atomic E-state index is 0. The molecule has 1 heterocycles. The Kier molecular flexibility index (Phi) is 10.7. The first-order chi connectivity index (χ1) is 15.4. The lowest BCUT2D eigenvalue weighted by Crippen LogP contribution is -2.43. The Labute approximate surface area is 215 Å². The van der Waals surface area contributed by atoms with Crippen molar-refractivity contribution in [3.63, 3.8) is 0 Å². The summed E-state index contributed by atoms with van der Waals surface area (Å²) in [6, 6.07) is 8.21. The second-order valence-electron chi connectivity index (χ2n) is 8.89. The first-order valence-electron chi connectivity index (χ1n) is 11.8. The summed E-state index contributed by atoms with van der Waals surface area (Å²) in [5, 5.41) is 14.5. The van der Waals surface area contributed by atoms with Crippen LogP contribution in [0, 0.1) is 19.8 Å². The van der Waals surface area contributed by atoms with Crippen LogP contribution in [-0.2, 0) is 24.8 Å². The zero-order valence-electron chi connectivity index (χ0n) is 20.6. The summed E-state index contributed by atoms with van der Waals surface area (Å²) in [5.41, 5.74) is 5.49. The molecule has 1 aromatic heterocycles. The molecule has 1 atom stereocenters. The van der Waals surface area contributed by atoms with Crippen LogP contribution < -0.4 is 16.0 Å². The van der Waals surface area contributed by atoms with E-state index >= 15 is 0 Å². The summed E-state index contributed by atoms with van der Waals surface area (Å²) in [6.07, 6.45) is 5.21. The topological polar surface area (TPSA) is 83.3 Å². The first kappa shape index (κ1) is 27.1. The second-order valence-corrected chi connectivity index (χ2v) is 8.89. The van der Waals surface area contributed by atoms with Crippen molar-refractivity contribution < 1.29 is 4.79 Å². The fraction of sp³-hybridized carbons (Fsp3) is 0.560. The van der Waals surface area contributed by atoms with E-state index in [-0.39, 0.29) is 41.8 Å². The second kappa shape index (κ2) is 13.0. The molecule has 3 rings (SSSR count). The molecule has 0 bridgehead atoms. The molecule has 33 heavy (non-hydrogen) atoms. The van der Waals surface area contributed by atoms with Crippen LogP contribution in [0.2, 0.25) is 0 Å². The van der Waals surface area contributed by atoms with E-state index in [1.54, 1.807) is 0 Å². The number of aryl methyl sites for hydroxylation is 2. The van der Waals surface area contributed by atoms with Crippen LogP contribution in [0.4, 0.5) is 5.69 Å². The van der Waals surface area contributed by atoms with Crippen LogP contribution in [0.5, 0.6) is 0 Å². The number of carbonyl (C=O) groups is 1. The molecule has 0 aliphatic heterocycles. The van der Waals surface area contributed by atoms with E-state index in [0.29, 0.717) is 6.54 Å². The Morgan fingerprint density at radius 3 is 2.64 bits per heavy atom. The van der Waals surface area contributed by atoms with Crippen molar-refractivity contribution >= 4 is 41.5 Å². The highest BCUT2D eigenvalue weighted by atomic mass is 127. The lowest BCUT2D eigenvalue weighted by molar-refractivity contribution is -0.119. The molecule has 1 aromatic carbocycles. The van der Waals surface area contributed by atoms with Gasteiger partial charge in [0.1, 0.15) is 0 Å². The molecule has 3 N–H and O–H groups in total. The normalized spacial score (nSPS) is 15.1. The van der Waals surface area contributed by atoms with Gasteiger partial charge >= 0.3 is 0 Å². The van der Waals surface area contributed by atoms with Crippen LogP contribution in [0.25, 0.3) is 0 Å². The number of carbonyl (C=O) groups excluding carboxylic acids is 1. The predicted octanol–water partition coefficient (Wildman–Crippen LogP) is 4.47. The number of halogens is 1. The molecule has 1 aliphatic carbocycles. The molecule has 0 radical (unpaired) electrons. The Bertz CT molecular complexity index is 948. The summed E-state index contributed by atoms with van der Waals surface area (Å²) >= 11 is 0. The molecule has 2 aromatic rings. The Morgan fingerprint density at radius 1 is 1.27 bits per heavy atom. The molecular weight excluding hydrogens is 527 g/mol. The highest BCUT2D eigenvalue weighted by molar-refractivity contribution is 14.0. The number of benzene rings is 1. The number of aliphatic imine (C=N–C) groups is 1. The Balaban J connectivity index is 0.00000385. The smallest absolute Gasteiger partial charge is 0.227 e. The molecule has 0 spiro atoms. The number of hydrogen-bond donors (Lipinski definition) is 3. The number of rotatable bonds is 8. The highest BCUT2D eigenvalue weighted by Crippen LogP contribution is 2.26. The number of hydrogen-bond acceptors (Lipinski definition) is 3. The van der Waals surface area contributed by atoms with E-state index in [4.69, 9.17) is 4.99 Å². The number of anilines is 1. The van der Waals surface area contributed by atoms with Gasteiger partial charge in [0.15, 0.2) is 5.96 Å². The molecule has 8 heteroatoms. The Morgan fingerprint density at radius 2 is 2.00 bits per heavy atom. The lowest BCUT2D eigenvalue weighted by atomic mass is 10.1. The largest absolute Gasteiger partial charge is 0.357 e. The SMILES string of the molecule is CCNC(=NCc1cccc(NC(=O)C2CCCC2)c1)NC(C)Cc1c(C)nn(C)c1C.I. The fourth-order valence-electron chi connectivity index (χ4n) is 4.37. The van der Waals surface area contributed by atoms with Gasteiger partial charge < -0.3 is 16.0 Å². The molecule has 182 valence electrons. The van der Waals surface area contributed by atoms with Gasteiger partial charge in [-0.1, -0.05) is 25.0 Å². The third kappa shape index (κ3) is 7.72. The third-order valence-corrected chi connectivity index (χ3v) is 6.24. The van der Waals surface area contributed by atoms with Crippen LogP contribution in [0.15, 0.2) is 29.3 Å². The van der Waals surface area contributed by atoms with Crippen molar-refractivity contribution in [3.05, 3.63) is 46.8 Å². The molecule has 1 amide bonds. The van der Waals surface area contributed by atoms with E-state index in [9.17, 15) is 4.79 Å². The van der Waals surface area contributed by atoms with E-state index in [2.05, 4.69) is 48.7 Å². The average molecular weight is 567 g/mol. The van der Waals surface area contributed by atoms with Crippen molar-refractivity contribution in [2.24, 2.45) is 18.0 Å². The molecular formula is C25H39IN6O. The zero-order valence-corrected chi connectivity index (χ0v) is 22.9. The van der Waals surface area contributed by atoms with Crippen LogP contribution in [0.3, 0.4) is 0 Å². The Hall–Kier alpha value is -2.10. The summed E-state index contributed by atoms with van der Waals surface area (Å²) in [6.45, 7) is 9.74. The van der Waals surface area contributed by atoms with Crippen molar-refractivity contribution in [2.45, 2.75) is 72.4 Å². The predicted molar refractivity (Wildman–Crippen MR) is 146 cm³/mol. The van der Waals surface area contributed by atoms with Crippen molar-refractivity contribution in [1.29, 1.82) is 0 Å². The monoisotopic (exact) mass is 566 g/mol. The molecule has 1 saturated carbocycles. The van der Waals surface area contributed by atoms with E-state index in [1.807, 2.05) is 36.0 Å². The van der Waals surface area contributed by atoms with Gasteiger partial charge in [0.2, 0.25) is 5.91 Å². The van der Waals surface area contributed by atoms with Crippen LogP contribution in [0.1, 0.15) is 62.0 Å². The molecule has 1 fully saturated rings. The fourth-order valence-corrected chi connectivity index (χ4v) is 4.37. The van der Waals surface area contributed by atoms with Crippen LogP contribution in [-0.4, -0.2) is 34.2 Å². The maximum absolute atomic E-state index is 12.4. The number of aromatic nitrogens is 2. The molecule has 7 nitrogen and oxygen atoms in total. The third-order valence-electron chi connectivity index (χ3n) is 6.24. The van der Waals surface area contributed by atoms with Gasteiger partial charge in [0.25, 0.3) is 0 Å². The highest BCUT2D eigenvalue weighted by Gasteiger charge is 2.22. The maximum atomic E-state index is 12.4. The van der Waals surface area contributed by atoms with E-state index in [1.165, 1.54) is 11.3 Å². The zero-order chi connectivity index (χ0) is 23.1. The van der Waals surface area contributed by atoms with E-state index in [0.717, 1.165) is 61.6 Å². The van der Waals surface area contributed by atoms with Gasteiger partial charge in [0, 0.05) is 36.9 Å². The summed E-state index contributed by atoms with van der Waals surface area (Å²) in [4.78, 5) is 17.2.